The molecule has 5 aromatic carbocycles. The maximum Gasteiger partial charge on any atom is 0.358 e. The smallest absolute Gasteiger partial charge is 0.358 e. The summed E-state index contributed by atoms with van der Waals surface area (Å²) in [6.07, 6.45) is 5.93. The number of hydrogen-bond acceptors (Lipinski definition) is 5. The van der Waals surface area contributed by atoms with Crippen LogP contribution in [0.1, 0.15) is 16.1 Å². The van der Waals surface area contributed by atoms with Crippen LogP contribution >= 0.6 is 0 Å². The monoisotopic (exact) mass is 456 g/mol. The van der Waals surface area contributed by atoms with Crippen LogP contribution in [0.3, 0.4) is 0 Å². The van der Waals surface area contributed by atoms with Crippen LogP contribution in [0.15, 0.2) is 72.8 Å². The first-order chi connectivity index (χ1) is 17.0. The lowest BCUT2D eigenvalue weighted by molar-refractivity contribution is -0.383. The summed E-state index contributed by atoms with van der Waals surface area (Å²) >= 11 is 0. The third-order valence-electron chi connectivity index (χ3n) is 6.51. The number of esters is 1. The average Bonchev–Trinajstić information content (AvgIpc) is 2.89. The van der Waals surface area contributed by atoms with Gasteiger partial charge in [0.2, 0.25) is 0 Å². The molecule has 6 nitrogen and oxygen atoms in total. The Hall–Kier alpha value is -5.02. The van der Waals surface area contributed by atoms with Crippen LogP contribution in [-0.4, -0.2) is 23.0 Å². The topological polar surface area (TPSA) is 82.3 Å². The molecule has 166 valence electrons. The first-order valence-corrected chi connectivity index (χ1v) is 10.9. The van der Waals surface area contributed by atoms with Crippen LogP contribution < -0.4 is 0 Å². The number of hydrogen-bond donors (Lipinski definition) is 0. The van der Waals surface area contributed by atoms with Crippen molar-refractivity contribution in [3.05, 3.63) is 94.2 Å². The van der Waals surface area contributed by atoms with E-state index in [1.54, 1.807) is 12.1 Å². The number of benzene rings is 5. The van der Waals surface area contributed by atoms with Crippen molar-refractivity contribution in [2.45, 2.75) is 0 Å². The minimum Gasteiger partial charge on any atom is -0.464 e. The highest BCUT2D eigenvalue weighted by atomic mass is 16.6. The molecular formula is C29H16N2O4. The molecule has 1 aromatic heterocycles. The van der Waals surface area contributed by atoms with E-state index in [9.17, 15) is 14.9 Å². The normalized spacial score (nSPS) is 11.3. The molecular weight excluding hydrogens is 440 g/mol. The molecule has 0 bridgehead atoms. The lowest BCUT2D eigenvalue weighted by atomic mass is 9.87. The number of nitro benzene ring substituents is 1. The second kappa shape index (κ2) is 7.51. The molecule has 0 N–H and O–H groups in total. The quantitative estimate of drug-likeness (QED) is 0.100. The third-order valence-corrected chi connectivity index (χ3v) is 6.51. The van der Waals surface area contributed by atoms with E-state index in [1.165, 1.54) is 13.2 Å². The summed E-state index contributed by atoms with van der Waals surface area (Å²) in [5.41, 5.74) is 1.28. The number of aromatic nitrogens is 1. The third kappa shape index (κ3) is 2.85. The minimum absolute atomic E-state index is 0.0811. The zero-order valence-corrected chi connectivity index (χ0v) is 18.5. The molecule has 0 aliphatic rings. The molecule has 6 rings (SSSR count). The fraction of sp³-hybridized carbons (Fsp3) is 0.0345. The van der Waals surface area contributed by atoms with Crippen molar-refractivity contribution in [2.24, 2.45) is 0 Å². The Morgan fingerprint density at radius 2 is 1.57 bits per heavy atom. The van der Waals surface area contributed by atoms with Gasteiger partial charge in [0.15, 0.2) is 5.69 Å². The van der Waals surface area contributed by atoms with Crippen molar-refractivity contribution < 1.29 is 14.5 Å². The van der Waals surface area contributed by atoms with Gasteiger partial charge in [0.1, 0.15) is 5.52 Å². The van der Waals surface area contributed by atoms with Crippen LogP contribution in [0.4, 0.5) is 5.69 Å². The average molecular weight is 456 g/mol. The van der Waals surface area contributed by atoms with Crippen molar-refractivity contribution in [1.29, 1.82) is 0 Å². The van der Waals surface area contributed by atoms with Gasteiger partial charge < -0.3 is 4.74 Å². The number of rotatable bonds is 3. The number of terminal acetylenes is 1. The van der Waals surface area contributed by atoms with Gasteiger partial charge in [-0.1, -0.05) is 72.7 Å². The molecule has 0 saturated carbocycles. The highest BCUT2D eigenvalue weighted by Gasteiger charge is 2.26. The van der Waals surface area contributed by atoms with E-state index in [4.69, 9.17) is 11.2 Å². The summed E-state index contributed by atoms with van der Waals surface area (Å²) in [4.78, 5) is 28.3. The van der Waals surface area contributed by atoms with Gasteiger partial charge in [-0.3, -0.25) is 10.1 Å². The number of non-ortho nitro benzene ring substituents is 1. The molecule has 1 heterocycles. The van der Waals surface area contributed by atoms with E-state index >= 15 is 0 Å². The van der Waals surface area contributed by atoms with Gasteiger partial charge in [-0.05, 0) is 37.9 Å². The molecule has 0 fully saturated rings. The summed E-state index contributed by atoms with van der Waals surface area (Å²) < 4.78 is 4.93. The molecule has 6 aromatic rings. The molecule has 0 spiro atoms. The number of nitrogens with zero attached hydrogens (tertiary/aromatic N) is 2. The van der Waals surface area contributed by atoms with Crippen LogP contribution in [0, 0.1) is 22.5 Å². The van der Waals surface area contributed by atoms with Crippen molar-refractivity contribution in [1.82, 2.24) is 4.98 Å². The molecule has 35 heavy (non-hydrogen) atoms. The molecule has 0 radical (unpaired) electrons. The first-order valence-electron chi connectivity index (χ1n) is 10.9. The van der Waals surface area contributed by atoms with Gasteiger partial charge in [-0.15, -0.1) is 6.42 Å². The minimum atomic E-state index is -0.753. The number of ether oxygens (including phenoxy) is 1. The number of carbonyl (C=O) groups excluding carboxylic acids is 1. The number of para-hydroxylation sites is 1. The Labute approximate surface area is 199 Å². The SMILES string of the molecule is C#Cc1c(C(=O)OC)nc2c([N+](=O)[O-])cccc2c1-c1ccc2ccc3cccc4ccc1c2c34. The lowest BCUT2D eigenvalue weighted by Gasteiger charge is -2.17. The fourth-order valence-corrected chi connectivity index (χ4v) is 5.04. The van der Waals surface area contributed by atoms with E-state index in [1.807, 2.05) is 24.3 Å². The Bertz CT molecular complexity index is 1880. The van der Waals surface area contributed by atoms with E-state index in [-0.39, 0.29) is 22.5 Å². The van der Waals surface area contributed by atoms with Gasteiger partial charge in [-0.2, -0.15) is 0 Å². The molecule has 0 atom stereocenters. The van der Waals surface area contributed by atoms with E-state index in [0.29, 0.717) is 10.9 Å². The predicted molar refractivity (Wildman–Crippen MR) is 137 cm³/mol. The Morgan fingerprint density at radius 1 is 0.914 bits per heavy atom. The van der Waals surface area contributed by atoms with E-state index in [0.717, 1.165) is 37.9 Å². The number of nitro groups is 1. The van der Waals surface area contributed by atoms with Gasteiger partial charge >= 0.3 is 5.97 Å². The Morgan fingerprint density at radius 3 is 2.26 bits per heavy atom. The van der Waals surface area contributed by atoms with Crippen LogP contribution in [0.5, 0.6) is 0 Å². The summed E-state index contributed by atoms with van der Waals surface area (Å²) in [7, 11) is 1.23. The highest BCUT2D eigenvalue weighted by Crippen LogP contribution is 2.43. The van der Waals surface area contributed by atoms with Crippen molar-refractivity contribution in [3.63, 3.8) is 0 Å². The maximum absolute atomic E-state index is 12.7. The molecule has 0 unspecified atom stereocenters. The summed E-state index contributed by atoms with van der Waals surface area (Å²) in [6.45, 7) is 0. The van der Waals surface area contributed by atoms with Crippen molar-refractivity contribution in [3.8, 4) is 23.5 Å². The second-order valence-corrected chi connectivity index (χ2v) is 8.25. The largest absolute Gasteiger partial charge is 0.464 e. The standard InChI is InChI=1S/C29H16N2O4/c1-3-19-26(22-8-5-9-23(31(33)34)27(22)30-28(19)29(32)35-2)21-15-13-18-11-10-16-6-4-7-17-12-14-20(21)25(18)24(16)17/h1,4-15H,2H3. The maximum atomic E-state index is 12.7. The molecule has 0 aliphatic heterocycles. The van der Waals surface area contributed by atoms with Crippen molar-refractivity contribution >= 4 is 54.9 Å². The summed E-state index contributed by atoms with van der Waals surface area (Å²) in [5.74, 6) is 1.86. The number of pyridine rings is 1. The molecule has 0 amide bonds. The zero-order valence-electron chi connectivity index (χ0n) is 18.5. The van der Waals surface area contributed by atoms with Crippen LogP contribution in [0.2, 0.25) is 0 Å². The van der Waals surface area contributed by atoms with E-state index < -0.39 is 10.9 Å². The summed E-state index contributed by atoms with van der Waals surface area (Å²) in [5, 5.41) is 18.7. The van der Waals surface area contributed by atoms with Gasteiger partial charge in [0, 0.05) is 17.0 Å². The number of carbonyl (C=O) groups is 1. The first kappa shape index (κ1) is 20.6. The van der Waals surface area contributed by atoms with E-state index in [2.05, 4.69) is 41.2 Å². The molecule has 0 aliphatic carbocycles. The fourth-order valence-electron chi connectivity index (χ4n) is 5.04. The van der Waals surface area contributed by atoms with Crippen LogP contribution in [-0.2, 0) is 4.74 Å². The van der Waals surface area contributed by atoms with Gasteiger partial charge in [0.25, 0.3) is 5.69 Å². The van der Waals surface area contributed by atoms with Crippen molar-refractivity contribution in [2.75, 3.05) is 7.11 Å². The zero-order chi connectivity index (χ0) is 24.3. The second-order valence-electron chi connectivity index (χ2n) is 8.25. The predicted octanol–water partition coefficient (Wildman–Crippen LogP) is 6.48. The molecule has 0 saturated heterocycles. The van der Waals surface area contributed by atoms with Gasteiger partial charge in [-0.25, -0.2) is 9.78 Å². The lowest BCUT2D eigenvalue weighted by Crippen LogP contribution is -2.10. The van der Waals surface area contributed by atoms with Crippen LogP contribution in [0.25, 0.3) is 54.3 Å². The Balaban J connectivity index is 1.85. The number of methoxy groups -OCH3 is 1. The molecule has 6 heteroatoms. The number of fused-ring (bicyclic) bond motifs is 1. The summed E-state index contributed by atoms with van der Waals surface area (Å²) in [6, 6.07) is 23.1. The van der Waals surface area contributed by atoms with Gasteiger partial charge in [0.05, 0.1) is 17.6 Å². The highest BCUT2D eigenvalue weighted by molar-refractivity contribution is 6.26. The Kier molecular flexibility index (Phi) is 4.41.